The lowest BCUT2D eigenvalue weighted by molar-refractivity contribution is 0.0954. The first-order chi connectivity index (χ1) is 12.8. The highest BCUT2D eigenvalue weighted by Gasteiger charge is 2.14. The van der Waals surface area contributed by atoms with E-state index >= 15 is 0 Å². The van der Waals surface area contributed by atoms with Gasteiger partial charge in [-0.3, -0.25) is 4.79 Å². The molecule has 3 aromatic rings. The molecule has 0 atom stereocenters. The number of benzene rings is 2. The Bertz CT molecular complexity index is 903. The first-order valence-corrected chi connectivity index (χ1v) is 10.1. The molecule has 2 aromatic carbocycles. The van der Waals surface area contributed by atoms with Gasteiger partial charge in [-0.25, -0.2) is 4.98 Å². The number of amides is 1. The zero-order chi connectivity index (χ0) is 19.4. The van der Waals surface area contributed by atoms with E-state index in [2.05, 4.69) is 67.6 Å². The van der Waals surface area contributed by atoms with E-state index in [4.69, 9.17) is 0 Å². The molecule has 0 aliphatic rings. The van der Waals surface area contributed by atoms with Gasteiger partial charge in [0.2, 0.25) is 0 Å². The van der Waals surface area contributed by atoms with Gasteiger partial charge in [0, 0.05) is 29.5 Å². The van der Waals surface area contributed by atoms with E-state index in [0.717, 1.165) is 22.7 Å². The number of hydrogen-bond acceptors (Lipinski definition) is 3. The SMILES string of the molecule is Cc1ccc(-c2nc(CCNC(=O)c3ccc(C(C)(C)C)cc3)cs2)cc1. The van der Waals surface area contributed by atoms with Crippen molar-refractivity contribution in [2.75, 3.05) is 6.54 Å². The summed E-state index contributed by atoms with van der Waals surface area (Å²) < 4.78 is 0. The number of carbonyl (C=O) groups excluding carboxylic acids is 1. The van der Waals surface area contributed by atoms with Gasteiger partial charge < -0.3 is 5.32 Å². The topological polar surface area (TPSA) is 42.0 Å². The summed E-state index contributed by atoms with van der Waals surface area (Å²) >= 11 is 1.64. The number of thiazole rings is 1. The number of nitrogens with zero attached hydrogens (tertiary/aromatic N) is 1. The smallest absolute Gasteiger partial charge is 0.251 e. The van der Waals surface area contributed by atoms with Crippen LogP contribution in [0.5, 0.6) is 0 Å². The second kappa shape index (κ2) is 8.05. The molecule has 0 bridgehead atoms. The van der Waals surface area contributed by atoms with Gasteiger partial charge >= 0.3 is 0 Å². The fourth-order valence-corrected chi connectivity index (χ4v) is 3.64. The van der Waals surface area contributed by atoms with E-state index in [1.165, 1.54) is 11.1 Å². The van der Waals surface area contributed by atoms with E-state index in [1.54, 1.807) is 11.3 Å². The summed E-state index contributed by atoms with van der Waals surface area (Å²) in [4.78, 5) is 17.0. The van der Waals surface area contributed by atoms with Gasteiger partial charge in [-0.05, 0) is 30.0 Å². The number of rotatable bonds is 5. The molecule has 1 heterocycles. The summed E-state index contributed by atoms with van der Waals surface area (Å²) in [5, 5.41) is 6.08. The maximum atomic E-state index is 12.3. The Morgan fingerprint density at radius 1 is 1.04 bits per heavy atom. The monoisotopic (exact) mass is 378 g/mol. The molecule has 0 fully saturated rings. The average Bonchev–Trinajstić information content (AvgIpc) is 3.10. The number of hydrogen-bond donors (Lipinski definition) is 1. The average molecular weight is 379 g/mol. The fourth-order valence-electron chi connectivity index (χ4n) is 2.78. The van der Waals surface area contributed by atoms with Crippen molar-refractivity contribution < 1.29 is 4.79 Å². The first-order valence-electron chi connectivity index (χ1n) is 9.23. The van der Waals surface area contributed by atoms with Gasteiger partial charge in [0.15, 0.2) is 0 Å². The minimum atomic E-state index is -0.0375. The van der Waals surface area contributed by atoms with Crippen LogP contribution >= 0.6 is 11.3 Å². The van der Waals surface area contributed by atoms with Crippen molar-refractivity contribution in [1.82, 2.24) is 10.3 Å². The molecule has 1 N–H and O–H groups in total. The molecule has 0 aliphatic heterocycles. The molecule has 0 radical (unpaired) electrons. The summed E-state index contributed by atoms with van der Waals surface area (Å²) in [5.41, 5.74) is 5.41. The van der Waals surface area contributed by atoms with Gasteiger partial charge in [-0.1, -0.05) is 62.7 Å². The van der Waals surface area contributed by atoms with Crippen LogP contribution in [0.15, 0.2) is 53.9 Å². The van der Waals surface area contributed by atoms with Gasteiger partial charge in [0.25, 0.3) is 5.91 Å². The van der Waals surface area contributed by atoms with Crippen LogP contribution in [0.3, 0.4) is 0 Å². The summed E-state index contributed by atoms with van der Waals surface area (Å²) in [5.74, 6) is -0.0375. The Balaban J connectivity index is 1.54. The molecule has 3 nitrogen and oxygen atoms in total. The molecular formula is C23H26N2OS. The second-order valence-corrected chi connectivity index (χ2v) is 8.70. The van der Waals surface area contributed by atoms with Gasteiger partial charge in [-0.15, -0.1) is 11.3 Å². The van der Waals surface area contributed by atoms with Gasteiger partial charge in [0.05, 0.1) is 5.69 Å². The van der Waals surface area contributed by atoms with Crippen LogP contribution in [0.25, 0.3) is 10.6 Å². The molecule has 0 saturated carbocycles. The quantitative estimate of drug-likeness (QED) is 0.647. The van der Waals surface area contributed by atoms with Crippen molar-refractivity contribution in [2.24, 2.45) is 0 Å². The first kappa shape index (κ1) is 19.3. The van der Waals surface area contributed by atoms with Crippen molar-refractivity contribution in [3.8, 4) is 10.6 Å². The highest BCUT2D eigenvalue weighted by molar-refractivity contribution is 7.13. The summed E-state index contributed by atoms with van der Waals surface area (Å²) in [7, 11) is 0. The number of aryl methyl sites for hydroxylation is 1. The predicted molar refractivity (Wildman–Crippen MR) is 113 cm³/mol. The third-order valence-electron chi connectivity index (χ3n) is 4.53. The molecule has 4 heteroatoms. The second-order valence-electron chi connectivity index (χ2n) is 7.84. The third-order valence-corrected chi connectivity index (χ3v) is 5.47. The van der Waals surface area contributed by atoms with E-state index in [-0.39, 0.29) is 11.3 Å². The van der Waals surface area contributed by atoms with Crippen molar-refractivity contribution in [1.29, 1.82) is 0 Å². The fraction of sp³-hybridized carbons (Fsp3) is 0.304. The minimum Gasteiger partial charge on any atom is -0.352 e. The Labute approximate surface area is 165 Å². The Morgan fingerprint density at radius 3 is 2.33 bits per heavy atom. The zero-order valence-electron chi connectivity index (χ0n) is 16.4. The van der Waals surface area contributed by atoms with E-state index < -0.39 is 0 Å². The Hall–Kier alpha value is -2.46. The maximum absolute atomic E-state index is 12.3. The van der Waals surface area contributed by atoms with Crippen molar-refractivity contribution in [3.05, 3.63) is 76.3 Å². The summed E-state index contributed by atoms with van der Waals surface area (Å²) in [6, 6.07) is 16.2. The Kier molecular flexibility index (Phi) is 5.76. The van der Waals surface area contributed by atoms with Crippen LogP contribution in [0.4, 0.5) is 0 Å². The Morgan fingerprint density at radius 2 is 1.70 bits per heavy atom. The molecule has 0 unspecified atom stereocenters. The number of nitrogens with one attached hydrogen (secondary N) is 1. The van der Waals surface area contributed by atoms with Crippen LogP contribution in [-0.2, 0) is 11.8 Å². The third kappa shape index (κ3) is 5.04. The van der Waals surface area contributed by atoms with Crippen LogP contribution in [-0.4, -0.2) is 17.4 Å². The maximum Gasteiger partial charge on any atom is 0.251 e. The van der Waals surface area contributed by atoms with E-state index in [1.807, 2.05) is 24.3 Å². The number of aromatic nitrogens is 1. The van der Waals surface area contributed by atoms with Crippen molar-refractivity contribution >= 4 is 17.2 Å². The van der Waals surface area contributed by atoms with Crippen molar-refractivity contribution in [3.63, 3.8) is 0 Å². The van der Waals surface area contributed by atoms with Crippen LogP contribution in [0.2, 0.25) is 0 Å². The molecular weight excluding hydrogens is 352 g/mol. The lowest BCUT2D eigenvalue weighted by Gasteiger charge is -2.19. The van der Waals surface area contributed by atoms with Crippen LogP contribution in [0.1, 0.15) is 48.0 Å². The molecule has 140 valence electrons. The molecule has 27 heavy (non-hydrogen) atoms. The largest absolute Gasteiger partial charge is 0.352 e. The van der Waals surface area contributed by atoms with Crippen LogP contribution < -0.4 is 5.32 Å². The summed E-state index contributed by atoms with van der Waals surface area (Å²) in [6.07, 6.45) is 0.730. The van der Waals surface area contributed by atoms with Gasteiger partial charge in [-0.2, -0.15) is 0 Å². The van der Waals surface area contributed by atoms with Crippen LogP contribution in [0, 0.1) is 6.92 Å². The molecule has 0 saturated heterocycles. The van der Waals surface area contributed by atoms with E-state index in [0.29, 0.717) is 12.1 Å². The molecule has 0 aliphatic carbocycles. The molecule has 1 amide bonds. The highest BCUT2D eigenvalue weighted by Crippen LogP contribution is 2.24. The lowest BCUT2D eigenvalue weighted by atomic mass is 9.87. The molecule has 1 aromatic heterocycles. The summed E-state index contributed by atoms with van der Waals surface area (Å²) in [6.45, 7) is 9.16. The standard InChI is InChI=1S/C23H26N2OS/c1-16-5-7-18(8-6-16)22-25-20(15-27-22)13-14-24-21(26)17-9-11-19(12-10-17)23(2,3)4/h5-12,15H,13-14H2,1-4H3,(H,24,26). The molecule has 3 rings (SSSR count). The number of carbonyl (C=O) groups is 1. The molecule has 0 spiro atoms. The zero-order valence-corrected chi connectivity index (χ0v) is 17.2. The minimum absolute atomic E-state index is 0.0375. The lowest BCUT2D eigenvalue weighted by Crippen LogP contribution is -2.25. The highest BCUT2D eigenvalue weighted by atomic mass is 32.1. The van der Waals surface area contributed by atoms with Gasteiger partial charge in [0.1, 0.15) is 5.01 Å². The van der Waals surface area contributed by atoms with Crippen molar-refractivity contribution in [2.45, 2.75) is 39.5 Å². The normalized spacial score (nSPS) is 11.4. The van der Waals surface area contributed by atoms with E-state index in [9.17, 15) is 4.79 Å². The predicted octanol–water partition coefficient (Wildman–Crippen LogP) is 5.39.